The molecule has 154 valence electrons. The molecular formula is C22H21N3O4S. The SMILES string of the molecule is COc1ccc2c(c1)c(C(=O)O[C@H](C)C(=O)Nc1sccc1C#N)c(C)n2C1CC1. The fraction of sp³-hybridized carbons (Fsp3) is 0.318. The summed E-state index contributed by atoms with van der Waals surface area (Å²) in [5.41, 5.74) is 2.60. The Kier molecular flexibility index (Phi) is 5.22. The number of anilines is 1. The van der Waals surface area contributed by atoms with Crippen LogP contribution in [0.15, 0.2) is 29.6 Å². The van der Waals surface area contributed by atoms with Gasteiger partial charge in [-0.1, -0.05) is 0 Å². The average molecular weight is 423 g/mol. The maximum atomic E-state index is 13.1. The quantitative estimate of drug-likeness (QED) is 0.593. The van der Waals surface area contributed by atoms with Crippen molar-refractivity contribution in [2.24, 2.45) is 0 Å². The summed E-state index contributed by atoms with van der Waals surface area (Å²) in [5.74, 6) is -0.389. The van der Waals surface area contributed by atoms with Crippen LogP contribution in [0.3, 0.4) is 0 Å². The molecule has 30 heavy (non-hydrogen) atoms. The number of rotatable bonds is 6. The van der Waals surface area contributed by atoms with Crippen molar-refractivity contribution in [3.8, 4) is 11.8 Å². The van der Waals surface area contributed by atoms with E-state index in [2.05, 4.69) is 9.88 Å². The molecule has 2 aromatic heterocycles. The second-order valence-electron chi connectivity index (χ2n) is 7.26. The van der Waals surface area contributed by atoms with Crippen LogP contribution in [0, 0.1) is 18.3 Å². The molecule has 0 radical (unpaired) electrons. The van der Waals surface area contributed by atoms with E-state index >= 15 is 0 Å². The van der Waals surface area contributed by atoms with Gasteiger partial charge in [-0.25, -0.2) is 4.79 Å². The van der Waals surface area contributed by atoms with E-state index in [0.29, 0.717) is 27.9 Å². The van der Waals surface area contributed by atoms with E-state index in [4.69, 9.17) is 14.7 Å². The third kappa shape index (κ3) is 3.53. The topological polar surface area (TPSA) is 93.3 Å². The van der Waals surface area contributed by atoms with Gasteiger partial charge >= 0.3 is 5.97 Å². The van der Waals surface area contributed by atoms with Gasteiger partial charge in [-0.3, -0.25) is 4.79 Å². The first-order chi connectivity index (χ1) is 14.4. The van der Waals surface area contributed by atoms with Gasteiger partial charge in [-0.05, 0) is 56.3 Å². The Labute approximate surface area is 177 Å². The van der Waals surface area contributed by atoms with E-state index in [-0.39, 0.29) is 0 Å². The van der Waals surface area contributed by atoms with Crippen LogP contribution in [0.1, 0.15) is 47.4 Å². The molecule has 0 spiro atoms. The van der Waals surface area contributed by atoms with Crippen molar-refractivity contribution in [3.63, 3.8) is 0 Å². The van der Waals surface area contributed by atoms with Crippen molar-refractivity contribution in [2.75, 3.05) is 12.4 Å². The van der Waals surface area contributed by atoms with Gasteiger partial charge < -0.3 is 19.4 Å². The number of hydrogen-bond acceptors (Lipinski definition) is 6. The van der Waals surface area contributed by atoms with Crippen molar-refractivity contribution >= 4 is 39.1 Å². The highest BCUT2D eigenvalue weighted by molar-refractivity contribution is 7.14. The summed E-state index contributed by atoms with van der Waals surface area (Å²) >= 11 is 1.24. The van der Waals surface area contributed by atoms with Crippen molar-refractivity contribution in [1.29, 1.82) is 5.26 Å². The minimum absolute atomic E-state index is 0.377. The number of nitrogens with one attached hydrogen (secondary N) is 1. The molecule has 8 heteroatoms. The monoisotopic (exact) mass is 423 g/mol. The van der Waals surface area contributed by atoms with Crippen LogP contribution >= 0.6 is 11.3 Å². The molecule has 1 atom stereocenters. The van der Waals surface area contributed by atoms with Gasteiger partial charge in [0.05, 0.1) is 18.2 Å². The van der Waals surface area contributed by atoms with Crippen LogP contribution in [-0.2, 0) is 9.53 Å². The van der Waals surface area contributed by atoms with Gasteiger partial charge in [-0.15, -0.1) is 11.3 Å². The van der Waals surface area contributed by atoms with E-state index < -0.39 is 18.0 Å². The Morgan fingerprint density at radius 3 is 2.77 bits per heavy atom. The lowest BCUT2D eigenvalue weighted by Gasteiger charge is -2.13. The van der Waals surface area contributed by atoms with Gasteiger partial charge in [0.1, 0.15) is 16.8 Å². The number of hydrogen-bond donors (Lipinski definition) is 1. The lowest BCUT2D eigenvalue weighted by atomic mass is 10.1. The van der Waals surface area contributed by atoms with Crippen LogP contribution in [0.2, 0.25) is 0 Å². The first-order valence-electron chi connectivity index (χ1n) is 9.62. The molecule has 4 rings (SSSR count). The summed E-state index contributed by atoms with van der Waals surface area (Å²) in [6, 6.07) is 9.68. The van der Waals surface area contributed by atoms with E-state index in [0.717, 1.165) is 29.4 Å². The molecular weight excluding hydrogens is 402 g/mol. The highest BCUT2D eigenvalue weighted by Gasteiger charge is 2.32. The molecule has 0 aliphatic heterocycles. The summed E-state index contributed by atoms with van der Waals surface area (Å²) in [6.07, 6.45) is 1.13. The Bertz CT molecular complexity index is 1180. The largest absolute Gasteiger partial charge is 0.497 e. The fourth-order valence-electron chi connectivity index (χ4n) is 3.59. The lowest BCUT2D eigenvalue weighted by molar-refractivity contribution is -0.123. The van der Waals surface area contributed by atoms with Gasteiger partial charge in [0.25, 0.3) is 5.91 Å². The Morgan fingerprint density at radius 2 is 2.10 bits per heavy atom. The highest BCUT2D eigenvalue weighted by Crippen LogP contribution is 2.42. The number of fused-ring (bicyclic) bond motifs is 1. The van der Waals surface area contributed by atoms with Gasteiger partial charge in [0.15, 0.2) is 6.10 Å². The van der Waals surface area contributed by atoms with E-state index in [1.54, 1.807) is 18.6 Å². The van der Waals surface area contributed by atoms with Crippen LogP contribution in [0.25, 0.3) is 10.9 Å². The third-order valence-corrected chi connectivity index (χ3v) is 6.08. The smallest absolute Gasteiger partial charge is 0.341 e. The molecule has 1 aliphatic rings. The number of esters is 1. The van der Waals surface area contributed by atoms with Crippen LogP contribution < -0.4 is 10.1 Å². The summed E-state index contributed by atoms with van der Waals surface area (Å²) in [4.78, 5) is 25.6. The van der Waals surface area contributed by atoms with Crippen molar-refractivity contribution in [2.45, 2.75) is 38.8 Å². The van der Waals surface area contributed by atoms with Crippen LogP contribution in [0.4, 0.5) is 5.00 Å². The molecule has 1 N–H and O–H groups in total. The second-order valence-corrected chi connectivity index (χ2v) is 8.17. The number of thiophene rings is 1. The van der Waals surface area contributed by atoms with E-state index in [1.165, 1.54) is 18.3 Å². The van der Waals surface area contributed by atoms with Crippen molar-refractivity contribution in [1.82, 2.24) is 4.57 Å². The predicted molar refractivity (Wildman–Crippen MR) is 114 cm³/mol. The molecule has 7 nitrogen and oxygen atoms in total. The number of amides is 1. The summed E-state index contributed by atoms with van der Waals surface area (Å²) in [6.45, 7) is 3.42. The minimum atomic E-state index is -1.02. The van der Waals surface area contributed by atoms with Gasteiger partial charge in [0.2, 0.25) is 0 Å². The molecule has 1 aliphatic carbocycles. The standard InChI is InChI=1S/C22H21N3O4S/c1-12-19(17-10-16(28-3)6-7-18(17)25(12)15-4-5-15)22(27)29-13(2)20(26)24-21-14(11-23)8-9-30-21/h6-10,13,15H,4-5H2,1-3H3,(H,24,26)/t13-/m1/s1. The molecule has 1 aromatic carbocycles. The van der Waals surface area contributed by atoms with Crippen molar-refractivity contribution < 1.29 is 19.1 Å². The first-order valence-corrected chi connectivity index (χ1v) is 10.5. The number of aromatic nitrogens is 1. The molecule has 1 saturated carbocycles. The van der Waals surface area contributed by atoms with E-state index in [1.807, 2.05) is 31.2 Å². The molecule has 0 unspecified atom stereocenters. The predicted octanol–water partition coefficient (Wildman–Crippen LogP) is 4.41. The van der Waals surface area contributed by atoms with Crippen LogP contribution in [-0.4, -0.2) is 29.7 Å². The van der Waals surface area contributed by atoms with Crippen molar-refractivity contribution in [3.05, 3.63) is 46.5 Å². The third-order valence-electron chi connectivity index (χ3n) is 5.25. The maximum Gasteiger partial charge on any atom is 0.341 e. The fourth-order valence-corrected chi connectivity index (χ4v) is 4.33. The zero-order valence-corrected chi connectivity index (χ0v) is 17.7. The Hall–Kier alpha value is -3.31. The number of nitriles is 1. The number of carbonyl (C=O) groups is 2. The van der Waals surface area contributed by atoms with Gasteiger partial charge in [0, 0.05) is 22.6 Å². The van der Waals surface area contributed by atoms with Crippen LogP contribution in [0.5, 0.6) is 5.75 Å². The second kappa shape index (κ2) is 7.84. The zero-order valence-electron chi connectivity index (χ0n) is 16.9. The number of methoxy groups -OCH3 is 1. The average Bonchev–Trinajstić information content (AvgIpc) is 3.39. The molecule has 1 fully saturated rings. The van der Waals surface area contributed by atoms with E-state index in [9.17, 15) is 9.59 Å². The summed E-state index contributed by atoms with van der Waals surface area (Å²) in [5, 5.41) is 14.7. The number of benzene rings is 1. The number of nitrogens with zero attached hydrogens (tertiary/aromatic N) is 2. The molecule has 2 heterocycles. The molecule has 1 amide bonds. The Balaban J connectivity index is 1.60. The maximum absolute atomic E-state index is 13.1. The minimum Gasteiger partial charge on any atom is -0.497 e. The lowest BCUT2D eigenvalue weighted by Crippen LogP contribution is -2.30. The number of ether oxygens (including phenoxy) is 2. The first kappa shape index (κ1) is 20.0. The van der Waals surface area contributed by atoms with Gasteiger partial charge in [-0.2, -0.15) is 5.26 Å². The number of carbonyl (C=O) groups excluding carboxylic acids is 2. The summed E-state index contributed by atoms with van der Waals surface area (Å²) < 4.78 is 13.0. The molecule has 3 aromatic rings. The highest BCUT2D eigenvalue weighted by atomic mass is 32.1. The zero-order chi connectivity index (χ0) is 21.4. The molecule has 0 bridgehead atoms. The normalized spacial score (nSPS) is 14.2. The summed E-state index contributed by atoms with van der Waals surface area (Å²) in [7, 11) is 1.58. The molecule has 0 saturated heterocycles. The Morgan fingerprint density at radius 1 is 1.33 bits per heavy atom.